The second-order valence-electron chi connectivity index (χ2n) is 6.80. The van der Waals surface area contributed by atoms with E-state index in [4.69, 9.17) is 4.98 Å². The van der Waals surface area contributed by atoms with E-state index in [0.29, 0.717) is 22.5 Å². The molecule has 1 aliphatic heterocycles. The smallest absolute Gasteiger partial charge is 0.266 e. The Hall–Kier alpha value is -3.50. The molecule has 142 valence electrons. The second kappa shape index (κ2) is 7.15. The quantitative estimate of drug-likeness (QED) is 0.421. The molecule has 0 bridgehead atoms. The largest absolute Gasteiger partial charge is 0.268 e. The van der Waals surface area contributed by atoms with Crippen LogP contribution in [-0.2, 0) is 0 Å². The molecule has 2 heterocycles. The van der Waals surface area contributed by atoms with Crippen molar-refractivity contribution in [3.8, 4) is 11.1 Å². The molecule has 2 amide bonds. The first-order valence-corrected chi connectivity index (χ1v) is 9.09. The molecule has 0 N–H and O–H groups in total. The number of hydrogen-bond donors (Lipinski definition) is 0. The fourth-order valence-corrected chi connectivity index (χ4v) is 3.89. The molecule has 29 heavy (non-hydrogen) atoms. The zero-order chi connectivity index (χ0) is 19.3. The van der Waals surface area contributed by atoms with E-state index in [-0.39, 0.29) is 24.2 Å². The molecule has 0 saturated heterocycles. The molecule has 1 aliphatic rings. The average Bonchev–Trinajstić information content (AvgIpc) is 2.98. The number of anilines is 1. The molecular formula is C24H17ClN2O2. The van der Waals surface area contributed by atoms with Crippen LogP contribution in [0.25, 0.3) is 22.0 Å². The van der Waals surface area contributed by atoms with E-state index in [0.717, 1.165) is 22.0 Å². The number of aromatic nitrogens is 1. The van der Waals surface area contributed by atoms with Crippen LogP contribution in [0.5, 0.6) is 0 Å². The standard InChI is InChI=1S/C24H16N2O2.ClH/c1-15-22(26-23(27)17-11-5-6-12-18(17)24(26)28)21(16-9-3-2-4-10-16)19-13-7-8-14-20(19)25-15;/h2-14H,1H3;1H. The Labute approximate surface area is 174 Å². The molecule has 0 unspecified atom stereocenters. The van der Waals surface area contributed by atoms with Crippen LogP contribution in [0.15, 0.2) is 78.9 Å². The van der Waals surface area contributed by atoms with Gasteiger partial charge in [0.1, 0.15) is 0 Å². The molecule has 5 rings (SSSR count). The van der Waals surface area contributed by atoms with Crippen LogP contribution in [0.4, 0.5) is 5.69 Å². The van der Waals surface area contributed by atoms with Gasteiger partial charge in [0, 0.05) is 10.9 Å². The Balaban J connectivity index is 0.00000205. The van der Waals surface area contributed by atoms with Gasteiger partial charge >= 0.3 is 0 Å². The average molecular weight is 401 g/mol. The highest BCUT2D eigenvalue weighted by Gasteiger charge is 2.39. The monoisotopic (exact) mass is 400 g/mol. The Morgan fingerprint density at radius 2 is 1.28 bits per heavy atom. The van der Waals surface area contributed by atoms with Crippen molar-refractivity contribution in [2.75, 3.05) is 4.90 Å². The summed E-state index contributed by atoms with van der Waals surface area (Å²) in [6.07, 6.45) is 0. The van der Waals surface area contributed by atoms with Crippen molar-refractivity contribution >= 4 is 40.8 Å². The summed E-state index contributed by atoms with van der Waals surface area (Å²) in [6, 6.07) is 24.6. The third kappa shape index (κ3) is 2.80. The normalized spacial score (nSPS) is 12.8. The van der Waals surface area contributed by atoms with Crippen LogP contribution >= 0.6 is 12.4 Å². The van der Waals surface area contributed by atoms with Gasteiger partial charge in [-0.3, -0.25) is 14.6 Å². The predicted octanol–water partition coefficient (Wildman–Crippen LogP) is 5.43. The van der Waals surface area contributed by atoms with Gasteiger partial charge in [-0.2, -0.15) is 0 Å². The van der Waals surface area contributed by atoms with Crippen molar-refractivity contribution < 1.29 is 9.59 Å². The highest BCUT2D eigenvalue weighted by molar-refractivity contribution is 6.36. The summed E-state index contributed by atoms with van der Waals surface area (Å²) in [5, 5.41) is 0.908. The molecule has 4 nitrogen and oxygen atoms in total. The predicted molar refractivity (Wildman–Crippen MR) is 117 cm³/mol. The second-order valence-corrected chi connectivity index (χ2v) is 6.80. The molecule has 0 fully saturated rings. The number of nitrogens with zero attached hydrogens (tertiary/aromatic N) is 2. The summed E-state index contributed by atoms with van der Waals surface area (Å²) in [7, 11) is 0. The molecule has 0 aliphatic carbocycles. The molecule has 0 saturated carbocycles. The SMILES string of the molecule is Cc1nc2ccccc2c(-c2ccccc2)c1N1C(=O)c2ccccc2C1=O.Cl. The topological polar surface area (TPSA) is 50.3 Å². The summed E-state index contributed by atoms with van der Waals surface area (Å²) in [4.78, 5) is 32.3. The third-order valence-electron chi connectivity index (χ3n) is 5.12. The Morgan fingerprint density at radius 3 is 1.93 bits per heavy atom. The number of para-hydroxylation sites is 1. The minimum Gasteiger partial charge on any atom is -0.268 e. The fourth-order valence-electron chi connectivity index (χ4n) is 3.89. The summed E-state index contributed by atoms with van der Waals surface area (Å²) >= 11 is 0. The Bertz CT molecular complexity index is 1230. The van der Waals surface area contributed by atoms with Gasteiger partial charge in [-0.25, -0.2) is 4.90 Å². The maximum absolute atomic E-state index is 13.2. The Morgan fingerprint density at radius 1 is 0.724 bits per heavy atom. The molecule has 0 radical (unpaired) electrons. The van der Waals surface area contributed by atoms with Crippen molar-refractivity contribution in [3.63, 3.8) is 0 Å². The number of fused-ring (bicyclic) bond motifs is 2. The van der Waals surface area contributed by atoms with Gasteiger partial charge in [0.05, 0.1) is 28.0 Å². The summed E-state index contributed by atoms with van der Waals surface area (Å²) in [5.41, 5.74) is 4.68. The lowest BCUT2D eigenvalue weighted by molar-refractivity contribution is 0.0926. The zero-order valence-corrected chi connectivity index (χ0v) is 16.4. The van der Waals surface area contributed by atoms with E-state index in [9.17, 15) is 9.59 Å². The summed E-state index contributed by atoms with van der Waals surface area (Å²) in [5.74, 6) is -0.615. The van der Waals surface area contributed by atoms with Crippen LogP contribution < -0.4 is 4.90 Å². The molecule has 4 aromatic rings. The number of imide groups is 1. The van der Waals surface area contributed by atoms with Crippen molar-refractivity contribution in [1.82, 2.24) is 4.98 Å². The number of pyridine rings is 1. The van der Waals surface area contributed by atoms with Gasteiger partial charge in [-0.05, 0) is 30.7 Å². The third-order valence-corrected chi connectivity index (χ3v) is 5.12. The molecule has 5 heteroatoms. The van der Waals surface area contributed by atoms with Crippen molar-refractivity contribution in [2.45, 2.75) is 6.92 Å². The van der Waals surface area contributed by atoms with Gasteiger partial charge in [-0.1, -0.05) is 60.7 Å². The lowest BCUT2D eigenvalue weighted by Crippen LogP contribution is -2.31. The van der Waals surface area contributed by atoms with Crippen LogP contribution in [0.1, 0.15) is 26.4 Å². The van der Waals surface area contributed by atoms with E-state index in [1.807, 2.05) is 61.5 Å². The number of carbonyl (C=O) groups is 2. The fraction of sp³-hybridized carbons (Fsp3) is 0.0417. The molecule has 0 atom stereocenters. The minimum absolute atomic E-state index is 0. The van der Waals surface area contributed by atoms with Crippen molar-refractivity contribution in [1.29, 1.82) is 0 Å². The molecule has 3 aromatic carbocycles. The first-order chi connectivity index (χ1) is 13.7. The van der Waals surface area contributed by atoms with Gasteiger partial charge in [0.15, 0.2) is 0 Å². The maximum atomic E-state index is 13.2. The van der Waals surface area contributed by atoms with Crippen LogP contribution in [0.3, 0.4) is 0 Å². The van der Waals surface area contributed by atoms with Crippen molar-refractivity contribution in [2.24, 2.45) is 0 Å². The lowest BCUT2D eigenvalue weighted by Gasteiger charge is -2.22. The van der Waals surface area contributed by atoms with E-state index in [1.54, 1.807) is 24.3 Å². The minimum atomic E-state index is -0.307. The van der Waals surface area contributed by atoms with E-state index in [1.165, 1.54) is 4.90 Å². The molecule has 1 aromatic heterocycles. The van der Waals surface area contributed by atoms with Gasteiger partial charge in [0.25, 0.3) is 11.8 Å². The van der Waals surface area contributed by atoms with Crippen LogP contribution in [0.2, 0.25) is 0 Å². The van der Waals surface area contributed by atoms with E-state index < -0.39 is 0 Å². The highest BCUT2D eigenvalue weighted by Crippen LogP contribution is 2.41. The number of rotatable bonds is 2. The number of amides is 2. The van der Waals surface area contributed by atoms with Gasteiger partial charge in [0.2, 0.25) is 0 Å². The number of hydrogen-bond acceptors (Lipinski definition) is 3. The summed E-state index contributed by atoms with van der Waals surface area (Å²) in [6.45, 7) is 1.84. The molecule has 0 spiro atoms. The first kappa shape index (κ1) is 18.8. The Kier molecular flexibility index (Phi) is 4.65. The van der Waals surface area contributed by atoms with Crippen molar-refractivity contribution in [3.05, 3.63) is 95.7 Å². The maximum Gasteiger partial charge on any atom is 0.266 e. The summed E-state index contributed by atoms with van der Waals surface area (Å²) < 4.78 is 0. The molecular weight excluding hydrogens is 384 g/mol. The highest BCUT2D eigenvalue weighted by atomic mass is 35.5. The number of carbonyl (C=O) groups excluding carboxylic acids is 2. The number of aryl methyl sites for hydroxylation is 1. The van der Waals surface area contributed by atoms with Gasteiger partial charge in [-0.15, -0.1) is 12.4 Å². The van der Waals surface area contributed by atoms with Crippen LogP contribution in [0, 0.1) is 6.92 Å². The van der Waals surface area contributed by atoms with E-state index >= 15 is 0 Å². The number of halogens is 1. The van der Waals surface area contributed by atoms with Gasteiger partial charge < -0.3 is 0 Å². The lowest BCUT2D eigenvalue weighted by atomic mass is 9.97. The zero-order valence-electron chi connectivity index (χ0n) is 15.6. The van der Waals surface area contributed by atoms with E-state index in [2.05, 4.69) is 0 Å². The number of benzene rings is 3. The van der Waals surface area contributed by atoms with Crippen LogP contribution in [-0.4, -0.2) is 16.8 Å². The first-order valence-electron chi connectivity index (χ1n) is 9.09.